The highest BCUT2D eigenvalue weighted by Crippen LogP contribution is 2.23. The second-order valence-electron chi connectivity index (χ2n) is 4.75. The van der Waals surface area contributed by atoms with Crippen molar-refractivity contribution < 1.29 is 8.42 Å². The van der Waals surface area contributed by atoms with Crippen molar-refractivity contribution in [2.75, 3.05) is 11.5 Å². The van der Waals surface area contributed by atoms with E-state index < -0.39 is 9.84 Å². The van der Waals surface area contributed by atoms with Crippen LogP contribution in [0.1, 0.15) is 19.0 Å². The minimum Gasteiger partial charge on any atom is -0.337 e. The zero-order valence-electron chi connectivity index (χ0n) is 9.60. The number of sulfone groups is 1. The molecule has 2 rings (SSSR count). The van der Waals surface area contributed by atoms with Gasteiger partial charge in [0.25, 0.3) is 0 Å². The molecule has 5 nitrogen and oxygen atoms in total. The van der Waals surface area contributed by atoms with Crippen molar-refractivity contribution in [3.05, 3.63) is 18.2 Å². The predicted octanol–water partition coefficient (Wildman–Crippen LogP) is 0.0869. The van der Waals surface area contributed by atoms with Crippen molar-refractivity contribution in [3.63, 3.8) is 0 Å². The van der Waals surface area contributed by atoms with E-state index in [2.05, 4.69) is 10.3 Å². The van der Waals surface area contributed by atoms with Gasteiger partial charge in [0.05, 0.1) is 23.5 Å². The van der Waals surface area contributed by atoms with Crippen LogP contribution < -0.4 is 5.32 Å². The Kier molecular flexibility index (Phi) is 2.79. The van der Waals surface area contributed by atoms with Crippen LogP contribution in [-0.2, 0) is 23.4 Å². The van der Waals surface area contributed by atoms with E-state index in [1.54, 1.807) is 12.5 Å². The summed E-state index contributed by atoms with van der Waals surface area (Å²) >= 11 is 0. The lowest BCUT2D eigenvalue weighted by Crippen LogP contribution is -2.43. The summed E-state index contributed by atoms with van der Waals surface area (Å²) in [6, 6.07) is 0. The average Bonchev–Trinajstić information content (AvgIpc) is 2.69. The maximum absolute atomic E-state index is 11.4. The van der Waals surface area contributed by atoms with Crippen molar-refractivity contribution in [2.24, 2.45) is 7.05 Å². The van der Waals surface area contributed by atoms with E-state index in [1.807, 2.05) is 18.5 Å². The maximum atomic E-state index is 11.4. The van der Waals surface area contributed by atoms with Crippen LogP contribution in [0.25, 0.3) is 0 Å². The second-order valence-corrected chi connectivity index (χ2v) is 6.94. The molecule has 1 aliphatic rings. The third-order valence-corrected chi connectivity index (χ3v) is 5.02. The molecule has 1 aromatic rings. The Labute approximate surface area is 95.8 Å². The molecule has 2 heterocycles. The molecule has 0 aromatic carbocycles. The fraction of sp³-hybridized carbons (Fsp3) is 0.700. The summed E-state index contributed by atoms with van der Waals surface area (Å²) in [6.07, 6.45) is 4.22. The molecular formula is C10H17N3O2S. The fourth-order valence-electron chi connectivity index (χ4n) is 2.01. The van der Waals surface area contributed by atoms with Gasteiger partial charge in [-0.2, -0.15) is 0 Å². The smallest absolute Gasteiger partial charge is 0.152 e. The van der Waals surface area contributed by atoms with E-state index in [9.17, 15) is 8.42 Å². The first-order chi connectivity index (χ1) is 7.40. The van der Waals surface area contributed by atoms with Gasteiger partial charge in [-0.1, -0.05) is 0 Å². The van der Waals surface area contributed by atoms with Crippen LogP contribution in [0.15, 0.2) is 12.5 Å². The van der Waals surface area contributed by atoms with Crippen LogP contribution in [0.3, 0.4) is 0 Å². The number of imidazole rings is 1. The Hall–Kier alpha value is -0.880. The Morgan fingerprint density at radius 2 is 2.38 bits per heavy atom. The molecule has 6 heteroatoms. The van der Waals surface area contributed by atoms with Crippen LogP contribution in [0.5, 0.6) is 0 Å². The van der Waals surface area contributed by atoms with Gasteiger partial charge in [-0.25, -0.2) is 13.4 Å². The van der Waals surface area contributed by atoms with E-state index in [-0.39, 0.29) is 11.3 Å². The molecule has 1 aromatic heterocycles. The minimum absolute atomic E-state index is 0.234. The van der Waals surface area contributed by atoms with Gasteiger partial charge in [0, 0.05) is 25.3 Å². The number of nitrogens with zero attached hydrogens (tertiary/aromatic N) is 2. The average molecular weight is 243 g/mol. The van der Waals surface area contributed by atoms with Crippen molar-refractivity contribution in [1.29, 1.82) is 0 Å². The lowest BCUT2D eigenvalue weighted by atomic mass is 10.0. The highest BCUT2D eigenvalue weighted by atomic mass is 32.2. The third-order valence-electron chi connectivity index (χ3n) is 3.12. The third kappa shape index (κ3) is 2.44. The first-order valence-electron chi connectivity index (χ1n) is 5.31. The van der Waals surface area contributed by atoms with Crippen LogP contribution in [0, 0.1) is 0 Å². The topological polar surface area (TPSA) is 64.0 Å². The number of rotatable bonds is 3. The van der Waals surface area contributed by atoms with Gasteiger partial charge < -0.3 is 9.88 Å². The molecule has 90 valence electrons. The number of hydrogen-bond acceptors (Lipinski definition) is 4. The molecule has 0 aliphatic carbocycles. The summed E-state index contributed by atoms with van der Waals surface area (Å²) < 4.78 is 24.8. The van der Waals surface area contributed by atoms with E-state index in [1.165, 1.54) is 0 Å². The number of nitrogens with one attached hydrogen (secondary N) is 1. The summed E-state index contributed by atoms with van der Waals surface area (Å²) in [5.41, 5.74) is 0.772. The van der Waals surface area contributed by atoms with Crippen molar-refractivity contribution in [2.45, 2.75) is 25.4 Å². The molecule has 0 spiro atoms. The monoisotopic (exact) mass is 243 g/mol. The van der Waals surface area contributed by atoms with Crippen LogP contribution in [0.4, 0.5) is 0 Å². The maximum Gasteiger partial charge on any atom is 0.152 e. The Bertz CT molecular complexity index is 480. The number of hydrogen-bond donors (Lipinski definition) is 1. The zero-order chi connectivity index (χ0) is 11.8. The lowest BCUT2D eigenvalue weighted by Gasteiger charge is -2.23. The first-order valence-corrected chi connectivity index (χ1v) is 7.13. The molecular weight excluding hydrogens is 226 g/mol. The van der Waals surface area contributed by atoms with Crippen molar-refractivity contribution >= 4 is 9.84 Å². The SMILES string of the molecule is Cn1cncc1CNC1(C)CCS(=O)(=O)C1. The Morgan fingerprint density at radius 3 is 2.88 bits per heavy atom. The Morgan fingerprint density at radius 1 is 1.62 bits per heavy atom. The standard InChI is InChI=1S/C10H17N3O2S/c1-10(3-4-16(14,15)7-10)12-6-9-5-11-8-13(9)2/h5,8,12H,3-4,6-7H2,1-2H3. The lowest BCUT2D eigenvalue weighted by molar-refractivity contribution is 0.390. The number of aromatic nitrogens is 2. The molecule has 1 fully saturated rings. The minimum atomic E-state index is -2.84. The van der Waals surface area contributed by atoms with Crippen LogP contribution >= 0.6 is 0 Å². The first kappa shape index (κ1) is 11.6. The van der Waals surface area contributed by atoms with Gasteiger partial charge in [-0.3, -0.25) is 0 Å². The molecule has 1 N–H and O–H groups in total. The van der Waals surface area contributed by atoms with E-state index in [0.717, 1.165) is 5.69 Å². The van der Waals surface area contributed by atoms with Gasteiger partial charge in [0.1, 0.15) is 0 Å². The molecule has 1 saturated heterocycles. The molecule has 16 heavy (non-hydrogen) atoms. The normalized spacial score (nSPS) is 28.4. The summed E-state index contributed by atoms with van der Waals surface area (Å²) in [4.78, 5) is 4.02. The van der Waals surface area contributed by atoms with Crippen molar-refractivity contribution in [3.8, 4) is 0 Å². The summed E-state index contributed by atoms with van der Waals surface area (Å²) in [5, 5.41) is 3.32. The summed E-state index contributed by atoms with van der Waals surface area (Å²) in [5.74, 6) is 0.528. The fourth-order valence-corrected chi connectivity index (χ4v) is 4.13. The second kappa shape index (κ2) is 3.85. The predicted molar refractivity (Wildman–Crippen MR) is 61.7 cm³/mol. The molecule has 1 aliphatic heterocycles. The zero-order valence-corrected chi connectivity index (χ0v) is 10.4. The molecule has 0 saturated carbocycles. The van der Waals surface area contributed by atoms with E-state index in [4.69, 9.17) is 0 Å². The quantitative estimate of drug-likeness (QED) is 0.817. The van der Waals surface area contributed by atoms with Crippen molar-refractivity contribution in [1.82, 2.24) is 14.9 Å². The Balaban J connectivity index is 1.99. The van der Waals surface area contributed by atoms with E-state index >= 15 is 0 Å². The molecule has 1 unspecified atom stereocenters. The molecule has 1 atom stereocenters. The molecule has 0 amide bonds. The van der Waals surface area contributed by atoms with Crippen LogP contribution in [-0.4, -0.2) is 35.0 Å². The summed E-state index contributed by atoms with van der Waals surface area (Å²) in [7, 11) is -0.912. The van der Waals surface area contributed by atoms with Crippen LogP contribution in [0.2, 0.25) is 0 Å². The highest BCUT2D eigenvalue weighted by Gasteiger charge is 2.37. The van der Waals surface area contributed by atoms with Gasteiger partial charge in [0.15, 0.2) is 9.84 Å². The molecule has 0 bridgehead atoms. The summed E-state index contributed by atoms with van der Waals surface area (Å²) in [6.45, 7) is 2.62. The largest absolute Gasteiger partial charge is 0.337 e. The molecule has 0 radical (unpaired) electrons. The van der Waals surface area contributed by atoms with E-state index in [0.29, 0.717) is 18.7 Å². The highest BCUT2D eigenvalue weighted by molar-refractivity contribution is 7.91. The van der Waals surface area contributed by atoms with Gasteiger partial charge in [0.2, 0.25) is 0 Å². The van der Waals surface area contributed by atoms with Gasteiger partial charge >= 0.3 is 0 Å². The van der Waals surface area contributed by atoms with Gasteiger partial charge in [-0.05, 0) is 13.3 Å². The van der Waals surface area contributed by atoms with Gasteiger partial charge in [-0.15, -0.1) is 0 Å². The number of aryl methyl sites for hydroxylation is 1.